The second-order valence-electron chi connectivity index (χ2n) is 9.09. The summed E-state index contributed by atoms with van der Waals surface area (Å²) in [5.41, 5.74) is 1.50. The number of rotatable bonds is 9. The van der Waals surface area contributed by atoms with Gasteiger partial charge in [-0.25, -0.2) is 14.1 Å². The zero-order valence-electron chi connectivity index (χ0n) is 21.9. The van der Waals surface area contributed by atoms with E-state index in [1.165, 1.54) is 24.3 Å². The minimum atomic E-state index is -0.763. The molecule has 4 aromatic carbocycles. The highest BCUT2D eigenvalue weighted by Crippen LogP contribution is 2.36. The van der Waals surface area contributed by atoms with Gasteiger partial charge in [0.05, 0.1) is 12.3 Å². The molecule has 1 heterocycles. The summed E-state index contributed by atoms with van der Waals surface area (Å²) in [5, 5.41) is 7.07. The number of carbonyl (C=O) groups is 3. The Morgan fingerprint density at radius 3 is 2.54 bits per heavy atom. The third-order valence-corrected chi connectivity index (χ3v) is 7.02. The number of carbonyl (C=O) groups excluding carboxylic acids is 3. The molecule has 5 rings (SSSR count). The fraction of sp³-hybridized carbons (Fsp3) is 0.129. The predicted molar refractivity (Wildman–Crippen MR) is 157 cm³/mol. The van der Waals surface area contributed by atoms with Crippen LogP contribution >= 0.6 is 15.9 Å². The molecular formula is C31H25BrFN3O5. The number of hydrogen-bond donors (Lipinski definition) is 2. The fourth-order valence-electron chi connectivity index (χ4n) is 4.38. The molecule has 1 aliphatic heterocycles. The Bertz CT molecular complexity index is 1680. The van der Waals surface area contributed by atoms with E-state index in [4.69, 9.17) is 9.47 Å². The van der Waals surface area contributed by atoms with E-state index in [-0.39, 0.29) is 11.4 Å². The topological polar surface area (TPSA) is 97.0 Å². The van der Waals surface area contributed by atoms with Gasteiger partial charge in [0.2, 0.25) is 5.91 Å². The van der Waals surface area contributed by atoms with Gasteiger partial charge in [0.25, 0.3) is 5.91 Å². The smallest absolute Gasteiger partial charge is 0.329 e. The highest BCUT2D eigenvalue weighted by atomic mass is 79.9. The van der Waals surface area contributed by atoms with E-state index in [1.54, 1.807) is 18.2 Å². The first kappa shape index (κ1) is 27.9. The van der Waals surface area contributed by atoms with E-state index in [0.29, 0.717) is 34.7 Å². The lowest BCUT2D eigenvalue weighted by atomic mass is 10.1. The molecule has 8 nitrogen and oxygen atoms in total. The number of amides is 4. The lowest BCUT2D eigenvalue weighted by molar-refractivity contribution is -0.127. The lowest BCUT2D eigenvalue weighted by Gasteiger charge is -2.15. The average molecular weight is 618 g/mol. The predicted octanol–water partition coefficient (Wildman–Crippen LogP) is 6.25. The van der Waals surface area contributed by atoms with Gasteiger partial charge in [0.15, 0.2) is 11.5 Å². The van der Waals surface area contributed by atoms with Crippen molar-refractivity contribution in [2.75, 3.05) is 18.5 Å². The Balaban J connectivity index is 1.33. The van der Waals surface area contributed by atoms with Crippen molar-refractivity contribution < 1.29 is 28.2 Å². The van der Waals surface area contributed by atoms with E-state index < -0.39 is 30.2 Å². The summed E-state index contributed by atoms with van der Waals surface area (Å²) in [4.78, 5) is 38.6. The van der Waals surface area contributed by atoms with E-state index in [1.807, 2.05) is 49.4 Å². The van der Waals surface area contributed by atoms with Crippen LogP contribution in [0.4, 0.5) is 14.9 Å². The summed E-state index contributed by atoms with van der Waals surface area (Å²) >= 11 is 3.52. The van der Waals surface area contributed by atoms with Crippen molar-refractivity contribution in [2.24, 2.45) is 0 Å². The summed E-state index contributed by atoms with van der Waals surface area (Å²) in [6.07, 6.45) is 1.48. The molecule has 1 saturated heterocycles. The van der Waals surface area contributed by atoms with E-state index in [2.05, 4.69) is 26.6 Å². The van der Waals surface area contributed by atoms with Gasteiger partial charge in [-0.2, -0.15) is 0 Å². The second kappa shape index (κ2) is 12.2. The Kier molecular flexibility index (Phi) is 8.30. The Labute approximate surface area is 243 Å². The minimum absolute atomic E-state index is 0.0266. The van der Waals surface area contributed by atoms with Crippen LogP contribution in [-0.4, -0.2) is 35.9 Å². The van der Waals surface area contributed by atoms with Gasteiger partial charge in [-0.3, -0.25) is 9.59 Å². The molecule has 0 aromatic heterocycles. The standard InChI is InChI=1S/C31H25BrFN3O5/c1-2-40-27-15-21(23(32)16-28(27)41-18-20-10-7-9-19-8-3-4-11-22(19)20)14-26-30(38)36(31(39)35-26)17-29(37)34-25-13-6-5-12-24(25)33/h3-16H,2,17-18H2,1H3,(H,34,37)(H,35,39)/b26-14+. The minimum Gasteiger partial charge on any atom is -0.490 e. The Morgan fingerprint density at radius 2 is 1.73 bits per heavy atom. The van der Waals surface area contributed by atoms with Gasteiger partial charge in [0, 0.05) is 4.47 Å². The van der Waals surface area contributed by atoms with Gasteiger partial charge in [-0.1, -0.05) is 70.5 Å². The van der Waals surface area contributed by atoms with Crippen molar-refractivity contribution >= 4 is 56.3 Å². The van der Waals surface area contributed by atoms with Crippen LogP contribution < -0.4 is 20.1 Å². The maximum absolute atomic E-state index is 13.9. The number of nitrogens with one attached hydrogen (secondary N) is 2. The molecule has 0 unspecified atom stereocenters. The normalized spacial score (nSPS) is 13.9. The molecule has 4 amide bonds. The van der Waals surface area contributed by atoms with Gasteiger partial charge in [-0.05, 0) is 59.2 Å². The number of hydrogen-bond acceptors (Lipinski definition) is 5. The Hall–Kier alpha value is -4.70. The van der Waals surface area contributed by atoms with Crippen molar-refractivity contribution in [3.05, 3.63) is 106 Å². The summed E-state index contributed by atoms with van der Waals surface area (Å²) in [5.74, 6) is -1.08. The number of benzene rings is 4. The number of anilines is 1. The molecule has 208 valence electrons. The van der Waals surface area contributed by atoms with Gasteiger partial charge < -0.3 is 20.1 Å². The maximum atomic E-state index is 13.9. The molecule has 41 heavy (non-hydrogen) atoms. The van der Waals surface area contributed by atoms with Gasteiger partial charge in [-0.15, -0.1) is 0 Å². The van der Waals surface area contributed by atoms with Crippen molar-refractivity contribution in [2.45, 2.75) is 13.5 Å². The van der Waals surface area contributed by atoms with Crippen LogP contribution in [-0.2, 0) is 16.2 Å². The van der Waals surface area contributed by atoms with Crippen molar-refractivity contribution in [3.8, 4) is 11.5 Å². The van der Waals surface area contributed by atoms with Crippen molar-refractivity contribution in [1.29, 1.82) is 0 Å². The molecular weight excluding hydrogens is 593 g/mol. The first-order chi connectivity index (χ1) is 19.8. The van der Waals surface area contributed by atoms with Crippen molar-refractivity contribution in [1.82, 2.24) is 10.2 Å². The van der Waals surface area contributed by atoms with Crippen LogP contribution in [0, 0.1) is 5.82 Å². The fourth-order valence-corrected chi connectivity index (χ4v) is 4.82. The summed E-state index contributed by atoms with van der Waals surface area (Å²) < 4.78 is 26.4. The third kappa shape index (κ3) is 6.22. The van der Waals surface area contributed by atoms with Crippen molar-refractivity contribution in [3.63, 3.8) is 0 Å². The van der Waals surface area contributed by atoms with Crippen LogP contribution in [0.25, 0.3) is 16.8 Å². The van der Waals surface area contributed by atoms with Gasteiger partial charge in [0.1, 0.15) is 24.7 Å². The largest absolute Gasteiger partial charge is 0.490 e. The average Bonchev–Trinajstić information content (AvgIpc) is 3.22. The molecule has 1 aliphatic rings. The monoisotopic (exact) mass is 617 g/mol. The quantitative estimate of drug-likeness (QED) is 0.171. The Morgan fingerprint density at radius 1 is 1.00 bits per heavy atom. The number of imide groups is 1. The molecule has 0 atom stereocenters. The number of nitrogens with zero attached hydrogens (tertiary/aromatic N) is 1. The van der Waals surface area contributed by atoms with Crippen LogP contribution in [0.2, 0.25) is 0 Å². The second-order valence-corrected chi connectivity index (χ2v) is 9.94. The highest BCUT2D eigenvalue weighted by Gasteiger charge is 2.35. The first-order valence-electron chi connectivity index (χ1n) is 12.8. The zero-order valence-corrected chi connectivity index (χ0v) is 23.5. The van der Waals surface area contributed by atoms with E-state index in [9.17, 15) is 18.8 Å². The molecule has 1 fully saturated rings. The van der Waals surface area contributed by atoms with Crippen LogP contribution in [0.1, 0.15) is 18.1 Å². The number of para-hydroxylation sites is 1. The number of fused-ring (bicyclic) bond motifs is 1. The SMILES string of the molecule is CCOc1cc(/C=C2/NC(=O)N(CC(=O)Nc3ccccc3F)C2=O)c(Br)cc1OCc1cccc2ccccc12. The number of urea groups is 1. The van der Waals surface area contributed by atoms with E-state index in [0.717, 1.165) is 21.2 Å². The third-order valence-electron chi connectivity index (χ3n) is 6.34. The van der Waals surface area contributed by atoms with Crippen LogP contribution in [0.15, 0.2) is 89.0 Å². The lowest BCUT2D eigenvalue weighted by Crippen LogP contribution is -2.38. The van der Waals surface area contributed by atoms with Crippen LogP contribution in [0.5, 0.6) is 11.5 Å². The molecule has 0 radical (unpaired) electrons. The number of halogens is 2. The zero-order chi connectivity index (χ0) is 28.9. The molecule has 10 heteroatoms. The molecule has 2 N–H and O–H groups in total. The summed E-state index contributed by atoms with van der Waals surface area (Å²) in [7, 11) is 0. The van der Waals surface area contributed by atoms with Crippen LogP contribution in [0.3, 0.4) is 0 Å². The van der Waals surface area contributed by atoms with E-state index >= 15 is 0 Å². The highest BCUT2D eigenvalue weighted by molar-refractivity contribution is 9.10. The molecule has 0 aliphatic carbocycles. The molecule has 0 saturated carbocycles. The molecule has 0 spiro atoms. The maximum Gasteiger partial charge on any atom is 0.329 e. The first-order valence-corrected chi connectivity index (χ1v) is 13.6. The number of ether oxygens (including phenoxy) is 2. The van der Waals surface area contributed by atoms with Gasteiger partial charge >= 0.3 is 6.03 Å². The summed E-state index contributed by atoms with van der Waals surface area (Å²) in [6.45, 7) is 1.96. The molecule has 0 bridgehead atoms. The summed E-state index contributed by atoms with van der Waals surface area (Å²) in [6, 6.07) is 22.4. The molecule has 4 aromatic rings.